The van der Waals surface area contributed by atoms with Crippen LogP contribution in [0, 0.1) is 25.8 Å². The molecule has 0 atom stereocenters. The molecule has 0 unspecified atom stereocenters. The minimum Gasteiger partial charge on any atom is -0.380 e. The van der Waals surface area contributed by atoms with E-state index < -0.39 is 0 Å². The van der Waals surface area contributed by atoms with E-state index in [9.17, 15) is 4.79 Å². The molecule has 1 spiro atoms. The van der Waals surface area contributed by atoms with Gasteiger partial charge in [0.1, 0.15) is 0 Å². The van der Waals surface area contributed by atoms with E-state index in [2.05, 4.69) is 58.6 Å². The Bertz CT molecular complexity index is 1260. The van der Waals surface area contributed by atoms with Crippen molar-refractivity contribution in [2.24, 2.45) is 5.41 Å². The zero-order valence-corrected chi connectivity index (χ0v) is 17.9. The Labute approximate surface area is 182 Å². The highest BCUT2D eigenvalue weighted by molar-refractivity contribution is 6.03. The Kier molecular flexibility index (Phi) is 4.37. The summed E-state index contributed by atoms with van der Waals surface area (Å²) in [4.78, 5) is 20.1. The van der Waals surface area contributed by atoms with Gasteiger partial charge in [0, 0.05) is 42.7 Å². The van der Waals surface area contributed by atoms with Gasteiger partial charge in [0.2, 0.25) is 11.6 Å². The van der Waals surface area contributed by atoms with Crippen LogP contribution >= 0.6 is 0 Å². The maximum Gasteiger partial charge on any atom is 0.245 e. The smallest absolute Gasteiger partial charge is 0.245 e. The van der Waals surface area contributed by atoms with Gasteiger partial charge in [-0.15, -0.1) is 0 Å². The number of amides is 1. The first-order chi connectivity index (χ1) is 15.0. The van der Waals surface area contributed by atoms with Gasteiger partial charge in [-0.05, 0) is 55.2 Å². The minimum atomic E-state index is 0.00669. The summed E-state index contributed by atoms with van der Waals surface area (Å²) in [5, 5.41) is 8.32. The van der Waals surface area contributed by atoms with Crippen LogP contribution in [0.1, 0.15) is 17.5 Å². The standard InChI is InChI=1S/C25H25N5O/c1-5-21(31)30-14-25(15-30)10-11-29(13-25)20-9-7-17(3)23(24(20)26-4)22-16(2)6-8-19-18(22)12-27-28-19/h5-9,12H,1,10-11,13-15H2,2-3H3,(H,27,28). The molecule has 1 N–H and O–H groups in total. The third-order valence-corrected chi connectivity index (χ3v) is 6.88. The van der Waals surface area contributed by atoms with Crippen LogP contribution in [0.25, 0.3) is 26.9 Å². The van der Waals surface area contributed by atoms with Gasteiger partial charge in [0.25, 0.3) is 0 Å². The topological polar surface area (TPSA) is 56.6 Å². The summed E-state index contributed by atoms with van der Waals surface area (Å²) in [6.45, 7) is 19.1. The molecule has 2 fully saturated rings. The summed E-state index contributed by atoms with van der Waals surface area (Å²) in [5.74, 6) is 0.00669. The molecule has 2 saturated heterocycles. The Morgan fingerprint density at radius 1 is 1.19 bits per heavy atom. The van der Waals surface area contributed by atoms with Crippen molar-refractivity contribution in [3.63, 3.8) is 0 Å². The summed E-state index contributed by atoms with van der Waals surface area (Å²) in [5.41, 5.74) is 7.09. The second-order valence-electron chi connectivity index (χ2n) is 8.90. The summed E-state index contributed by atoms with van der Waals surface area (Å²) in [6.07, 6.45) is 4.27. The lowest BCUT2D eigenvalue weighted by molar-refractivity contribution is -0.136. The molecule has 5 rings (SSSR count). The minimum absolute atomic E-state index is 0.00669. The molecular weight excluding hydrogens is 386 g/mol. The Morgan fingerprint density at radius 2 is 1.94 bits per heavy atom. The van der Waals surface area contributed by atoms with Crippen molar-refractivity contribution in [1.82, 2.24) is 15.1 Å². The van der Waals surface area contributed by atoms with Crippen molar-refractivity contribution in [1.29, 1.82) is 0 Å². The van der Waals surface area contributed by atoms with Gasteiger partial charge < -0.3 is 9.80 Å². The highest BCUT2D eigenvalue weighted by atomic mass is 16.2. The van der Waals surface area contributed by atoms with Crippen molar-refractivity contribution in [3.05, 3.63) is 65.7 Å². The number of likely N-dealkylation sites (tertiary alicyclic amines) is 1. The molecule has 156 valence electrons. The van der Waals surface area contributed by atoms with Gasteiger partial charge in [-0.25, -0.2) is 4.85 Å². The van der Waals surface area contributed by atoms with E-state index >= 15 is 0 Å². The number of aryl methyl sites for hydroxylation is 2. The van der Waals surface area contributed by atoms with Gasteiger partial charge in [-0.2, -0.15) is 5.10 Å². The van der Waals surface area contributed by atoms with Crippen molar-refractivity contribution in [2.75, 3.05) is 31.1 Å². The van der Waals surface area contributed by atoms with E-state index in [1.165, 1.54) is 6.08 Å². The van der Waals surface area contributed by atoms with Crippen molar-refractivity contribution in [2.45, 2.75) is 20.3 Å². The molecule has 3 aromatic rings. The van der Waals surface area contributed by atoms with Gasteiger partial charge in [-0.3, -0.25) is 9.89 Å². The molecule has 1 aromatic heterocycles. The lowest BCUT2D eigenvalue weighted by Gasteiger charge is -2.47. The number of rotatable bonds is 3. The average molecular weight is 412 g/mol. The van der Waals surface area contributed by atoms with Crippen LogP contribution < -0.4 is 4.90 Å². The van der Waals surface area contributed by atoms with Crippen molar-refractivity contribution < 1.29 is 4.79 Å². The van der Waals surface area contributed by atoms with E-state index in [0.29, 0.717) is 5.69 Å². The fourth-order valence-corrected chi connectivity index (χ4v) is 5.27. The molecule has 0 aliphatic carbocycles. The number of carbonyl (C=O) groups excluding carboxylic acids is 1. The number of carbonyl (C=O) groups is 1. The molecule has 1 amide bonds. The number of hydrogen-bond acceptors (Lipinski definition) is 3. The quantitative estimate of drug-likeness (QED) is 0.505. The molecule has 2 aromatic carbocycles. The molecular formula is C25H25N5O. The number of hydrogen-bond donors (Lipinski definition) is 1. The van der Waals surface area contributed by atoms with Crippen molar-refractivity contribution in [3.8, 4) is 11.1 Å². The number of fused-ring (bicyclic) bond motifs is 1. The molecule has 2 aliphatic rings. The van der Waals surface area contributed by atoms with Crippen LogP contribution in [-0.2, 0) is 4.79 Å². The molecule has 0 bridgehead atoms. The fourth-order valence-electron chi connectivity index (χ4n) is 5.27. The number of aromatic nitrogens is 2. The first kappa shape index (κ1) is 19.4. The van der Waals surface area contributed by atoms with Gasteiger partial charge in [0.05, 0.1) is 18.3 Å². The monoisotopic (exact) mass is 411 g/mol. The maximum absolute atomic E-state index is 11.9. The maximum atomic E-state index is 11.9. The van der Waals surface area contributed by atoms with Crippen LogP contribution in [0.3, 0.4) is 0 Å². The zero-order chi connectivity index (χ0) is 21.8. The van der Waals surface area contributed by atoms with Crippen LogP contribution in [0.4, 0.5) is 11.4 Å². The Morgan fingerprint density at radius 3 is 2.68 bits per heavy atom. The molecule has 3 heterocycles. The van der Waals surface area contributed by atoms with Crippen molar-refractivity contribution >= 4 is 28.2 Å². The number of benzene rings is 2. The number of H-pyrrole nitrogens is 1. The first-order valence-electron chi connectivity index (χ1n) is 10.6. The SMILES string of the molecule is [C-]#[N+]c1c(N2CCC3(CN(C(=O)C=C)C3)C2)ccc(C)c1-c1c(C)ccc2[nH]ncc12. The van der Waals surface area contributed by atoms with Crippen LogP contribution in [0.15, 0.2) is 43.1 Å². The van der Waals surface area contributed by atoms with E-state index in [1.807, 2.05) is 17.2 Å². The summed E-state index contributed by atoms with van der Waals surface area (Å²) < 4.78 is 0. The first-order valence-corrected chi connectivity index (χ1v) is 10.6. The lowest BCUT2D eigenvalue weighted by atomic mass is 9.79. The zero-order valence-electron chi connectivity index (χ0n) is 17.9. The lowest BCUT2D eigenvalue weighted by Crippen LogP contribution is -2.59. The Balaban J connectivity index is 1.55. The molecule has 0 radical (unpaired) electrons. The van der Waals surface area contributed by atoms with Gasteiger partial charge in [0.15, 0.2) is 0 Å². The Hall–Kier alpha value is -3.59. The van der Waals surface area contributed by atoms with Gasteiger partial charge in [-0.1, -0.05) is 24.3 Å². The highest BCUT2D eigenvalue weighted by Crippen LogP contribution is 2.48. The van der Waals surface area contributed by atoms with E-state index in [0.717, 1.165) is 71.4 Å². The highest BCUT2D eigenvalue weighted by Gasteiger charge is 2.49. The molecule has 6 heteroatoms. The summed E-state index contributed by atoms with van der Waals surface area (Å²) in [6, 6.07) is 8.33. The van der Waals surface area contributed by atoms with E-state index in [1.54, 1.807) is 0 Å². The summed E-state index contributed by atoms with van der Waals surface area (Å²) in [7, 11) is 0. The second-order valence-corrected chi connectivity index (χ2v) is 8.90. The second kappa shape index (κ2) is 6.98. The number of nitrogens with zero attached hydrogens (tertiary/aromatic N) is 4. The number of aromatic amines is 1. The predicted octanol–water partition coefficient (Wildman–Crippen LogP) is 4.62. The fraction of sp³-hybridized carbons (Fsp3) is 0.320. The van der Waals surface area contributed by atoms with Gasteiger partial charge >= 0.3 is 0 Å². The normalized spacial score (nSPS) is 17.1. The van der Waals surface area contributed by atoms with E-state index in [-0.39, 0.29) is 11.3 Å². The van der Waals surface area contributed by atoms with E-state index in [4.69, 9.17) is 6.57 Å². The molecule has 31 heavy (non-hydrogen) atoms. The number of anilines is 1. The largest absolute Gasteiger partial charge is 0.380 e. The third-order valence-electron chi connectivity index (χ3n) is 6.88. The van der Waals surface area contributed by atoms with Crippen LogP contribution in [0.5, 0.6) is 0 Å². The molecule has 2 aliphatic heterocycles. The third kappa shape index (κ3) is 2.92. The molecule has 0 saturated carbocycles. The average Bonchev–Trinajstić information content (AvgIpc) is 3.40. The van der Waals surface area contributed by atoms with Crippen LogP contribution in [-0.4, -0.2) is 47.2 Å². The molecule has 6 nitrogen and oxygen atoms in total. The van der Waals surface area contributed by atoms with Crippen LogP contribution in [0.2, 0.25) is 0 Å². The number of nitrogens with one attached hydrogen (secondary N) is 1. The summed E-state index contributed by atoms with van der Waals surface area (Å²) >= 11 is 0. The predicted molar refractivity (Wildman–Crippen MR) is 123 cm³/mol.